The van der Waals surface area contributed by atoms with Crippen molar-refractivity contribution in [1.29, 1.82) is 0 Å². The Hall–Kier alpha value is -3.01. The summed E-state index contributed by atoms with van der Waals surface area (Å²) in [6.07, 6.45) is 4.59. The first kappa shape index (κ1) is 22.2. The van der Waals surface area contributed by atoms with Gasteiger partial charge in [0.2, 0.25) is 0 Å². The van der Waals surface area contributed by atoms with Crippen LogP contribution in [0.3, 0.4) is 0 Å². The molecular formula is C28H33NO3. The third kappa shape index (κ3) is 3.72. The van der Waals surface area contributed by atoms with Crippen LogP contribution in [-0.2, 0) is 5.41 Å². The zero-order chi connectivity index (χ0) is 22.9. The molecule has 3 aromatic rings. The second kappa shape index (κ2) is 8.85. The van der Waals surface area contributed by atoms with Gasteiger partial charge in [-0.1, -0.05) is 58.2 Å². The lowest BCUT2D eigenvalue weighted by molar-refractivity contribution is 0.0953. The molecule has 0 radical (unpaired) electrons. The van der Waals surface area contributed by atoms with Crippen LogP contribution in [0.1, 0.15) is 67.9 Å². The van der Waals surface area contributed by atoms with Gasteiger partial charge in [0.1, 0.15) is 0 Å². The van der Waals surface area contributed by atoms with Gasteiger partial charge in [-0.15, -0.1) is 0 Å². The summed E-state index contributed by atoms with van der Waals surface area (Å²) in [7, 11) is 3.32. The average molecular weight is 432 g/mol. The van der Waals surface area contributed by atoms with E-state index in [1.54, 1.807) is 14.2 Å². The van der Waals surface area contributed by atoms with Crippen LogP contribution >= 0.6 is 0 Å². The number of methoxy groups -OCH3 is 2. The third-order valence-electron chi connectivity index (χ3n) is 6.74. The number of ether oxygens (including phenoxy) is 2. The lowest BCUT2D eigenvalue weighted by atomic mass is 9.81. The molecule has 0 aliphatic heterocycles. The van der Waals surface area contributed by atoms with Crippen LogP contribution in [-0.4, -0.2) is 26.7 Å². The van der Waals surface area contributed by atoms with Crippen LogP contribution in [0.25, 0.3) is 21.9 Å². The maximum Gasteiger partial charge on any atom is 0.251 e. The van der Waals surface area contributed by atoms with Gasteiger partial charge >= 0.3 is 0 Å². The SMILES string of the molecule is CCCCCCNC(=O)c1ccc2c(c1)C(C)(C)c1ccc3cc(OC)c(OC)cc3c1-2. The lowest BCUT2D eigenvalue weighted by Crippen LogP contribution is -2.25. The smallest absolute Gasteiger partial charge is 0.251 e. The standard InChI is InChI=1S/C28H33NO3/c1-6-7-8-9-14-29-27(30)19-10-12-20-23(15-19)28(2,3)22-13-11-18-16-24(31-4)25(32-5)17-21(18)26(20)22/h10-13,15-17H,6-9,14H2,1-5H3,(H,29,30). The maximum absolute atomic E-state index is 12.8. The fourth-order valence-electron chi connectivity index (χ4n) is 4.88. The number of rotatable bonds is 8. The Morgan fingerprint density at radius 1 is 0.906 bits per heavy atom. The number of carbonyl (C=O) groups is 1. The minimum Gasteiger partial charge on any atom is -0.493 e. The number of hydrogen-bond donors (Lipinski definition) is 1. The molecule has 4 nitrogen and oxygen atoms in total. The molecule has 0 saturated heterocycles. The molecule has 0 heterocycles. The van der Waals surface area contributed by atoms with Gasteiger partial charge in [0.15, 0.2) is 11.5 Å². The zero-order valence-electron chi connectivity index (χ0n) is 19.8. The fourth-order valence-corrected chi connectivity index (χ4v) is 4.88. The molecule has 0 spiro atoms. The van der Waals surface area contributed by atoms with Crippen LogP contribution in [0.2, 0.25) is 0 Å². The topological polar surface area (TPSA) is 47.6 Å². The normalized spacial score (nSPS) is 13.5. The van der Waals surface area contributed by atoms with E-state index in [0.717, 1.165) is 47.2 Å². The second-order valence-corrected chi connectivity index (χ2v) is 9.12. The van der Waals surface area contributed by atoms with Gasteiger partial charge in [-0.2, -0.15) is 0 Å². The number of unbranched alkanes of at least 4 members (excludes halogenated alkanes) is 3. The van der Waals surface area contributed by atoms with E-state index >= 15 is 0 Å². The van der Waals surface area contributed by atoms with Crippen molar-refractivity contribution in [3.63, 3.8) is 0 Å². The largest absolute Gasteiger partial charge is 0.493 e. The highest BCUT2D eigenvalue weighted by Crippen LogP contribution is 2.52. The molecule has 32 heavy (non-hydrogen) atoms. The van der Waals surface area contributed by atoms with Crippen molar-refractivity contribution in [2.75, 3.05) is 20.8 Å². The van der Waals surface area contributed by atoms with Gasteiger partial charge in [0, 0.05) is 17.5 Å². The van der Waals surface area contributed by atoms with Gasteiger partial charge < -0.3 is 14.8 Å². The fraction of sp³-hybridized carbons (Fsp3) is 0.393. The molecular weight excluding hydrogens is 398 g/mol. The molecule has 4 rings (SSSR count). The molecule has 168 valence electrons. The van der Waals surface area contributed by atoms with Gasteiger partial charge in [0.25, 0.3) is 5.91 Å². The van der Waals surface area contributed by atoms with Crippen LogP contribution < -0.4 is 14.8 Å². The van der Waals surface area contributed by atoms with Crippen LogP contribution in [0.4, 0.5) is 0 Å². The lowest BCUT2D eigenvalue weighted by Gasteiger charge is -2.22. The number of benzene rings is 3. The highest BCUT2D eigenvalue weighted by molar-refractivity contribution is 6.05. The van der Waals surface area contributed by atoms with Crippen molar-refractivity contribution >= 4 is 16.7 Å². The second-order valence-electron chi connectivity index (χ2n) is 9.12. The summed E-state index contributed by atoms with van der Waals surface area (Å²) in [5.74, 6) is 1.45. The van der Waals surface area contributed by atoms with Gasteiger partial charge in [0.05, 0.1) is 14.2 Å². The summed E-state index contributed by atoms with van der Waals surface area (Å²) in [6, 6.07) is 14.6. The summed E-state index contributed by atoms with van der Waals surface area (Å²) in [4.78, 5) is 12.8. The van der Waals surface area contributed by atoms with E-state index < -0.39 is 0 Å². The molecule has 0 bridgehead atoms. The number of hydrogen-bond acceptors (Lipinski definition) is 3. The van der Waals surface area contributed by atoms with E-state index in [0.29, 0.717) is 0 Å². The number of fused-ring (bicyclic) bond motifs is 5. The summed E-state index contributed by atoms with van der Waals surface area (Å²) in [5.41, 5.74) is 5.39. The monoisotopic (exact) mass is 431 g/mol. The van der Waals surface area contributed by atoms with Crippen molar-refractivity contribution < 1.29 is 14.3 Å². The summed E-state index contributed by atoms with van der Waals surface area (Å²) in [5, 5.41) is 5.33. The Morgan fingerprint density at radius 3 is 2.38 bits per heavy atom. The first-order valence-electron chi connectivity index (χ1n) is 11.5. The molecule has 0 saturated carbocycles. The van der Waals surface area contributed by atoms with E-state index in [4.69, 9.17) is 9.47 Å². The molecule has 0 aromatic heterocycles. The minimum atomic E-state index is -0.191. The van der Waals surface area contributed by atoms with Crippen molar-refractivity contribution in [3.05, 3.63) is 59.2 Å². The highest BCUT2D eigenvalue weighted by Gasteiger charge is 2.37. The maximum atomic E-state index is 12.8. The molecule has 1 aliphatic carbocycles. The van der Waals surface area contributed by atoms with E-state index in [2.05, 4.69) is 56.4 Å². The number of nitrogens with one attached hydrogen (secondary N) is 1. The zero-order valence-corrected chi connectivity index (χ0v) is 19.8. The molecule has 0 fully saturated rings. The average Bonchev–Trinajstić information content (AvgIpc) is 3.04. The quantitative estimate of drug-likeness (QED) is 0.416. The van der Waals surface area contributed by atoms with Crippen molar-refractivity contribution in [3.8, 4) is 22.6 Å². The van der Waals surface area contributed by atoms with Gasteiger partial charge in [-0.25, -0.2) is 0 Å². The van der Waals surface area contributed by atoms with Gasteiger partial charge in [-0.3, -0.25) is 4.79 Å². The molecule has 1 amide bonds. The summed E-state index contributed by atoms with van der Waals surface area (Å²) in [6.45, 7) is 7.39. The Bertz CT molecular complexity index is 1160. The molecule has 4 heteroatoms. The summed E-state index contributed by atoms with van der Waals surface area (Å²) < 4.78 is 11.1. The third-order valence-corrected chi connectivity index (χ3v) is 6.74. The van der Waals surface area contributed by atoms with Crippen LogP contribution in [0.5, 0.6) is 11.5 Å². The predicted molar refractivity (Wildman–Crippen MR) is 131 cm³/mol. The first-order chi connectivity index (χ1) is 15.4. The highest BCUT2D eigenvalue weighted by atomic mass is 16.5. The van der Waals surface area contributed by atoms with Crippen molar-refractivity contribution in [2.45, 2.75) is 51.9 Å². The van der Waals surface area contributed by atoms with Gasteiger partial charge in [-0.05, 0) is 63.7 Å². The molecule has 3 aromatic carbocycles. The molecule has 1 N–H and O–H groups in total. The van der Waals surface area contributed by atoms with Crippen LogP contribution in [0.15, 0.2) is 42.5 Å². The Balaban J connectivity index is 1.73. The minimum absolute atomic E-state index is 0.00678. The van der Waals surface area contributed by atoms with E-state index in [9.17, 15) is 4.79 Å². The molecule has 0 unspecified atom stereocenters. The van der Waals surface area contributed by atoms with Crippen molar-refractivity contribution in [2.24, 2.45) is 0 Å². The van der Waals surface area contributed by atoms with E-state index in [1.807, 2.05) is 12.1 Å². The summed E-state index contributed by atoms with van der Waals surface area (Å²) >= 11 is 0. The Morgan fingerprint density at radius 2 is 1.66 bits per heavy atom. The van der Waals surface area contributed by atoms with Crippen LogP contribution in [0, 0.1) is 0 Å². The Kier molecular flexibility index (Phi) is 6.14. The van der Waals surface area contributed by atoms with E-state index in [-0.39, 0.29) is 11.3 Å². The van der Waals surface area contributed by atoms with E-state index in [1.165, 1.54) is 35.1 Å². The molecule has 0 atom stereocenters. The first-order valence-corrected chi connectivity index (χ1v) is 11.5. The number of carbonyl (C=O) groups excluding carboxylic acids is 1. The van der Waals surface area contributed by atoms with Crippen molar-refractivity contribution in [1.82, 2.24) is 5.32 Å². The predicted octanol–water partition coefficient (Wildman–Crippen LogP) is 6.47. The molecule has 1 aliphatic rings. The number of amides is 1. The Labute approximate surface area is 190 Å².